The van der Waals surface area contributed by atoms with Crippen molar-refractivity contribution in [1.29, 1.82) is 0 Å². The summed E-state index contributed by atoms with van der Waals surface area (Å²) in [5, 5.41) is 0. The summed E-state index contributed by atoms with van der Waals surface area (Å²) in [5.41, 5.74) is 9.54. The number of rotatable bonds is 3. The first kappa shape index (κ1) is 16.5. The fourth-order valence-electron chi connectivity index (χ4n) is 4.68. The second kappa shape index (κ2) is 6.39. The van der Waals surface area contributed by atoms with E-state index in [1.165, 1.54) is 11.1 Å². The topological polar surface area (TPSA) is 0 Å². The maximum atomic E-state index is 2.62. The van der Waals surface area contributed by atoms with E-state index in [0.29, 0.717) is 0 Å². The maximum absolute atomic E-state index is 2.62. The van der Waals surface area contributed by atoms with Crippen molar-refractivity contribution in [1.82, 2.24) is 0 Å². The molecule has 0 bridgehead atoms. The van der Waals surface area contributed by atoms with Gasteiger partial charge in [-0.2, -0.15) is 0 Å². The van der Waals surface area contributed by atoms with Crippen LogP contribution in [0, 0.1) is 0 Å². The summed E-state index contributed by atoms with van der Waals surface area (Å²) in [6.45, 7) is 10.0. The van der Waals surface area contributed by atoms with Gasteiger partial charge >= 0.3 is 155 Å². The maximum Gasteiger partial charge on any atom is -1.00 e. The summed E-state index contributed by atoms with van der Waals surface area (Å²) >= 11 is -1.72. The molecule has 2 heteroatoms. The van der Waals surface area contributed by atoms with Crippen LogP contribution in [-0.4, -0.2) is 5.92 Å². The van der Waals surface area contributed by atoms with E-state index in [-0.39, 0.29) is 2.85 Å². The molecule has 0 spiro atoms. The minimum Gasteiger partial charge on any atom is -1.00 e. The molecule has 2 atom stereocenters. The standard InChI is InChI=1S/2C10H9.C2H7Si.Zr.2H/c2*1-8-6-9-4-2-3-5-10(9)7-8;1-3-2;;;/h2*2-7H,1H3;3H,1-2H3;;;/q;;;+2;2*-1. The first-order valence-electron chi connectivity index (χ1n) is 8.98. The Bertz CT molecular complexity index is 789. The van der Waals surface area contributed by atoms with Crippen LogP contribution in [0.1, 0.15) is 46.2 Å². The van der Waals surface area contributed by atoms with Gasteiger partial charge in [0.1, 0.15) is 0 Å². The molecule has 0 fully saturated rings. The van der Waals surface area contributed by atoms with Crippen LogP contribution in [0.25, 0.3) is 12.2 Å². The van der Waals surface area contributed by atoms with Crippen molar-refractivity contribution in [3.05, 3.63) is 81.9 Å². The average molecular weight is 411 g/mol. The third-order valence-electron chi connectivity index (χ3n) is 5.62. The van der Waals surface area contributed by atoms with E-state index in [0.717, 1.165) is 7.25 Å². The number of benzene rings is 2. The van der Waals surface area contributed by atoms with Crippen LogP contribution >= 0.6 is 0 Å². The van der Waals surface area contributed by atoms with Crippen LogP contribution in [0.2, 0.25) is 13.1 Å². The molecule has 0 heterocycles. The first-order valence-corrected chi connectivity index (χ1v) is 19.0. The Morgan fingerprint density at radius 1 is 0.750 bits per heavy atom. The number of hydrogen-bond donors (Lipinski definition) is 0. The Morgan fingerprint density at radius 2 is 1.17 bits per heavy atom. The Labute approximate surface area is 157 Å². The van der Waals surface area contributed by atoms with Crippen molar-refractivity contribution in [3.8, 4) is 0 Å². The second-order valence-electron chi connectivity index (χ2n) is 7.56. The molecular formula is C22H27SiZr. The molecule has 0 aliphatic heterocycles. The van der Waals surface area contributed by atoms with Crippen molar-refractivity contribution in [2.75, 3.05) is 0 Å². The van der Waals surface area contributed by atoms with E-state index >= 15 is 0 Å². The smallest absolute Gasteiger partial charge is 1.00 e. The molecular weight excluding hydrogens is 384 g/mol. The van der Waals surface area contributed by atoms with Crippen molar-refractivity contribution < 1.29 is 23.8 Å². The van der Waals surface area contributed by atoms with Gasteiger partial charge < -0.3 is 2.85 Å². The molecule has 0 radical (unpaired) electrons. The summed E-state index contributed by atoms with van der Waals surface area (Å²) in [4.78, 5) is 0. The zero-order valence-corrected chi connectivity index (χ0v) is 18.6. The van der Waals surface area contributed by atoms with Crippen LogP contribution in [0.3, 0.4) is 0 Å². The van der Waals surface area contributed by atoms with Crippen LogP contribution in [-0.2, 0) is 20.9 Å². The molecule has 0 saturated heterocycles. The van der Waals surface area contributed by atoms with E-state index in [4.69, 9.17) is 0 Å². The number of hydrogen-bond acceptors (Lipinski definition) is 0. The largest absolute Gasteiger partial charge is 1.00 e. The molecule has 2 unspecified atom stereocenters. The summed E-state index contributed by atoms with van der Waals surface area (Å²) in [5.74, 6) is -0.671. The fraction of sp³-hybridized carbons (Fsp3) is 0.273. The fourth-order valence-corrected chi connectivity index (χ4v) is 27.9. The van der Waals surface area contributed by atoms with E-state index < -0.39 is 26.8 Å². The second-order valence-corrected chi connectivity index (χ2v) is 27.6. The third kappa shape index (κ3) is 2.59. The zero-order valence-electron chi connectivity index (χ0n) is 17.0. The molecule has 0 nitrogen and oxygen atoms in total. The minimum absolute atomic E-state index is 0. The van der Waals surface area contributed by atoms with E-state index in [1.807, 2.05) is 0 Å². The average Bonchev–Trinajstić information content (AvgIpc) is 3.05. The third-order valence-corrected chi connectivity index (χ3v) is 27.8. The molecule has 0 saturated carbocycles. The van der Waals surface area contributed by atoms with Gasteiger partial charge in [0.2, 0.25) is 0 Å². The van der Waals surface area contributed by atoms with Crippen molar-refractivity contribution >= 4 is 18.1 Å². The van der Waals surface area contributed by atoms with E-state index in [9.17, 15) is 0 Å². The summed E-state index contributed by atoms with van der Waals surface area (Å²) < 4.78 is 1.57. The van der Waals surface area contributed by atoms with Gasteiger partial charge in [-0.1, -0.05) is 0 Å². The Hall–Kier alpha value is -0.980. The number of fused-ring (bicyclic) bond motifs is 2. The van der Waals surface area contributed by atoms with Crippen LogP contribution in [0.5, 0.6) is 0 Å². The van der Waals surface area contributed by atoms with Gasteiger partial charge in [0, 0.05) is 0 Å². The molecule has 123 valence electrons. The molecule has 0 aromatic heterocycles. The van der Waals surface area contributed by atoms with Gasteiger partial charge in [0.15, 0.2) is 0 Å². The summed E-state index contributed by atoms with van der Waals surface area (Å²) in [6, 6.07) is 18.3. The molecule has 2 aromatic rings. The van der Waals surface area contributed by atoms with Crippen molar-refractivity contribution in [2.45, 2.75) is 34.2 Å². The van der Waals surface area contributed by atoms with E-state index in [1.54, 1.807) is 22.3 Å². The van der Waals surface area contributed by atoms with Gasteiger partial charge in [-0.15, -0.1) is 0 Å². The minimum atomic E-state index is -1.72. The predicted octanol–water partition coefficient (Wildman–Crippen LogP) is 6.13. The van der Waals surface area contributed by atoms with Crippen LogP contribution in [0.15, 0.2) is 59.7 Å². The molecule has 0 N–H and O–H groups in total. The van der Waals surface area contributed by atoms with Gasteiger partial charge in [0.25, 0.3) is 0 Å². The van der Waals surface area contributed by atoms with Gasteiger partial charge in [-0.25, -0.2) is 0 Å². The number of allylic oxidation sites excluding steroid dienone is 2. The SMILES string of the molecule is CC1=Cc2ccccc2[CH]1[Zr+2]([CH]1C(C)=Cc2ccccc21)[SiH](C)C.[H-].[H-]. The molecule has 4 rings (SSSR count). The van der Waals surface area contributed by atoms with Gasteiger partial charge in [0.05, 0.1) is 0 Å². The summed E-state index contributed by atoms with van der Waals surface area (Å²) in [6.07, 6.45) is 4.94. The zero-order chi connectivity index (χ0) is 16.8. The Morgan fingerprint density at radius 3 is 1.58 bits per heavy atom. The quantitative estimate of drug-likeness (QED) is 0.534. The van der Waals surface area contributed by atoms with Crippen LogP contribution < -0.4 is 0 Å². The molecule has 2 aromatic carbocycles. The Kier molecular flexibility index (Phi) is 4.39. The molecule has 2 aliphatic carbocycles. The molecule has 0 amide bonds. The van der Waals surface area contributed by atoms with Crippen molar-refractivity contribution in [2.24, 2.45) is 0 Å². The van der Waals surface area contributed by atoms with E-state index in [2.05, 4.69) is 87.6 Å². The molecule has 24 heavy (non-hydrogen) atoms. The first-order chi connectivity index (χ1) is 11.6. The monoisotopic (exact) mass is 409 g/mol. The van der Waals surface area contributed by atoms with Gasteiger partial charge in [-0.05, 0) is 0 Å². The van der Waals surface area contributed by atoms with Gasteiger partial charge in [-0.3, -0.25) is 0 Å². The van der Waals surface area contributed by atoms with Crippen molar-refractivity contribution in [3.63, 3.8) is 0 Å². The molecule has 2 aliphatic rings. The van der Waals surface area contributed by atoms with Crippen LogP contribution in [0.4, 0.5) is 0 Å². The normalized spacial score (nSPS) is 21.4. The Balaban J connectivity index is 0.00000121. The predicted molar refractivity (Wildman–Crippen MR) is 107 cm³/mol. The summed E-state index contributed by atoms with van der Waals surface area (Å²) in [7, 11) is 0.